The highest BCUT2D eigenvalue weighted by Gasteiger charge is 2.09. The third-order valence-corrected chi connectivity index (χ3v) is 3.04. The summed E-state index contributed by atoms with van der Waals surface area (Å²) in [4.78, 5) is 26.8. The number of benzene rings is 1. The van der Waals surface area contributed by atoms with E-state index in [-0.39, 0.29) is 11.6 Å². The normalized spacial score (nSPS) is 10.2. The molecule has 0 saturated carbocycles. The van der Waals surface area contributed by atoms with E-state index in [0.717, 1.165) is 5.82 Å². The van der Waals surface area contributed by atoms with Crippen molar-refractivity contribution < 1.29 is 14.7 Å². The van der Waals surface area contributed by atoms with Gasteiger partial charge in [-0.3, -0.25) is 0 Å². The third-order valence-electron chi connectivity index (χ3n) is 3.04. The van der Waals surface area contributed by atoms with Crippen molar-refractivity contribution in [2.45, 2.75) is 13.5 Å². The lowest BCUT2D eigenvalue weighted by Crippen LogP contribution is -2.29. The molecule has 7 nitrogen and oxygen atoms in total. The Morgan fingerprint density at radius 1 is 1.38 bits per heavy atom. The van der Waals surface area contributed by atoms with Gasteiger partial charge in [0, 0.05) is 25.1 Å². The second kappa shape index (κ2) is 6.08. The van der Waals surface area contributed by atoms with Gasteiger partial charge in [0.2, 0.25) is 0 Å². The number of amides is 2. The minimum atomic E-state index is -0.988. The summed E-state index contributed by atoms with van der Waals surface area (Å²) >= 11 is 0. The minimum Gasteiger partial charge on any atom is -0.478 e. The molecule has 0 aliphatic carbocycles. The molecule has 7 heteroatoms. The van der Waals surface area contributed by atoms with Gasteiger partial charge in [-0.05, 0) is 30.7 Å². The summed E-state index contributed by atoms with van der Waals surface area (Å²) in [6.07, 6.45) is 3.45. The van der Waals surface area contributed by atoms with Crippen molar-refractivity contribution >= 4 is 17.7 Å². The molecule has 0 fully saturated rings. The third kappa shape index (κ3) is 3.59. The average molecular weight is 288 g/mol. The Morgan fingerprint density at radius 2 is 2.14 bits per heavy atom. The number of hydrogen-bond acceptors (Lipinski definition) is 3. The zero-order valence-corrected chi connectivity index (χ0v) is 11.8. The molecule has 2 aromatic rings. The lowest BCUT2D eigenvalue weighted by atomic mass is 10.1. The van der Waals surface area contributed by atoms with Gasteiger partial charge in [-0.1, -0.05) is 0 Å². The summed E-state index contributed by atoms with van der Waals surface area (Å²) in [6.45, 7) is 1.99. The van der Waals surface area contributed by atoms with Crippen LogP contribution in [-0.2, 0) is 13.6 Å². The minimum absolute atomic E-state index is 0.217. The SMILES string of the molecule is Cc1cc(NC(=O)NCc2nccn2C)ccc1C(=O)O. The molecule has 0 saturated heterocycles. The topological polar surface area (TPSA) is 96.3 Å². The molecule has 0 radical (unpaired) electrons. The lowest BCUT2D eigenvalue weighted by Gasteiger charge is -2.09. The van der Waals surface area contributed by atoms with E-state index in [0.29, 0.717) is 17.8 Å². The molecular weight excluding hydrogens is 272 g/mol. The summed E-state index contributed by atoms with van der Waals surface area (Å²) in [7, 11) is 1.84. The molecule has 1 heterocycles. The maximum atomic E-state index is 11.8. The smallest absolute Gasteiger partial charge is 0.335 e. The fraction of sp³-hybridized carbons (Fsp3) is 0.214. The number of carbonyl (C=O) groups is 2. The predicted molar refractivity (Wildman–Crippen MR) is 77.2 cm³/mol. The van der Waals surface area contributed by atoms with Crippen molar-refractivity contribution in [3.8, 4) is 0 Å². The van der Waals surface area contributed by atoms with Crippen LogP contribution in [0.5, 0.6) is 0 Å². The molecular formula is C14H16N4O3. The van der Waals surface area contributed by atoms with Crippen LogP contribution in [0.2, 0.25) is 0 Å². The number of rotatable bonds is 4. The molecule has 110 valence electrons. The van der Waals surface area contributed by atoms with Crippen LogP contribution in [0.4, 0.5) is 10.5 Å². The van der Waals surface area contributed by atoms with E-state index in [4.69, 9.17) is 5.11 Å². The van der Waals surface area contributed by atoms with Crippen molar-refractivity contribution in [3.63, 3.8) is 0 Å². The summed E-state index contributed by atoms with van der Waals surface area (Å²) < 4.78 is 1.81. The number of aromatic carboxylic acids is 1. The first-order valence-electron chi connectivity index (χ1n) is 6.32. The first-order valence-corrected chi connectivity index (χ1v) is 6.32. The largest absolute Gasteiger partial charge is 0.478 e. The Kier molecular flexibility index (Phi) is 4.22. The molecule has 21 heavy (non-hydrogen) atoms. The summed E-state index contributed by atoms with van der Waals surface area (Å²) in [5.41, 5.74) is 1.34. The van der Waals surface area contributed by atoms with Gasteiger partial charge in [0.05, 0.1) is 12.1 Å². The van der Waals surface area contributed by atoms with Crippen molar-refractivity contribution in [1.29, 1.82) is 0 Å². The maximum absolute atomic E-state index is 11.8. The van der Waals surface area contributed by atoms with E-state index in [9.17, 15) is 9.59 Å². The molecule has 0 spiro atoms. The second-order valence-electron chi connectivity index (χ2n) is 4.60. The number of anilines is 1. The quantitative estimate of drug-likeness (QED) is 0.798. The Labute approximate surface area is 121 Å². The average Bonchev–Trinajstić information content (AvgIpc) is 2.81. The number of imidazole rings is 1. The van der Waals surface area contributed by atoms with Crippen LogP contribution < -0.4 is 10.6 Å². The summed E-state index contributed by atoms with van der Waals surface area (Å²) in [6, 6.07) is 4.26. The van der Waals surface area contributed by atoms with Gasteiger partial charge in [0.25, 0.3) is 0 Å². The van der Waals surface area contributed by atoms with Crippen LogP contribution >= 0.6 is 0 Å². The van der Waals surface area contributed by atoms with Crippen molar-refractivity contribution in [2.24, 2.45) is 7.05 Å². The second-order valence-corrected chi connectivity index (χ2v) is 4.60. The van der Waals surface area contributed by atoms with E-state index in [1.54, 1.807) is 31.5 Å². The van der Waals surface area contributed by atoms with Gasteiger partial charge in [-0.2, -0.15) is 0 Å². The van der Waals surface area contributed by atoms with E-state index >= 15 is 0 Å². The Hall–Kier alpha value is -2.83. The van der Waals surface area contributed by atoms with Crippen LogP contribution in [0.1, 0.15) is 21.7 Å². The molecule has 1 aromatic carbocycles. The van der Waals surface area contributed by atoms with Crippen molar-refractivity contribution in [3.05, 3.63) is 47.5 Å². The predicted octanol–water partition coefficient (Wildman–Crippen LogP) is 1.75. The molecule has 3 N–H and O–H groups in total. The van der Waals surface area contributed by atoms with E-state index < -0.39 is 5.97 Å². The van der Waals surface area contributed by atoms with Gasteiger partial charge in [-0.25, -0.2) is 14.6 Å². The van der Waals surface area contributed by atoms with Crippen molar-refractivity contribution in [2.75, 3.05) is 5.32 Å². The molecule has 2 amide bonds. The summed E-state index contributed by atoms with van der Waals surface area (Å²) in [5.74, 6) is -0.249. The number of aryl methyl sites for hydroxylation is 2. The first kappa shape index (κ1) is 14.6. The van der Waals surface area contributed by atoms with Crippen LogP contribution in [0, 0.1) is 6.92 Å². The fourth-order valence-corrected chi connectivity index (χ4v) is 1.88. The molecule has 0 unspecified atom stereocenters. The monoisotopic (exact) mass is 288 g/mol. The Bertz CT molecular complexity index is 679. The lowest BCUT2D eigenvalue weighted by molar-refractivity contribution is 0.0696. The highest BCUT2D eigenvalue weighted by molar-refractivity contribution is 5.92. The number of carboxylic acids is 1. The number of urea groups is 1. The van der Waals surface area contributed by atoms with Gasteiger partial charge in [-0.15, -0.1) is 0 Å². The number of aromatic nitrogens is 2. The standard InChI is InChI=1S/C14H16N4O3/c1-9-7-10(3-4-11(9)13(19)20)17-14(21)16-8-12-15-5-6-18(12)2/h3-7H,8H2,1-2H3,(H,19,20)(H2,16,17,21). The Morgan fingerprint density at radius 3 is 2.71 bits per heavy atom. The number of hydrogen-bond donors (Lipinski definition) is 3. The highest BCUT2D eigenvalue weighted by Crippen LogP contribution is 2.15. The van der Waals surface area contributed by atoms with Crippen molar-refractivity contribution in [1.82, 2.24) is 14.9 Å². The van der Waals surface area contributed by atoms with Crippen LogP contribution in [0.15, 0.2) is 30.6 Å². The maximum Gasteiger partial charge on any atom is 0.335 e. The summed E-state index contributed by atoms with van der Waals surface area (Å²) in [5, 5.41) is 14.3. The molecule has 1 aromatic heterocycles. The van der Waals surface area contributed by atoms with Crippen LogP contribution in [0.3, 0.4) is 0 Å². The zero-order valence-electron chi connectivity index (χ0n) is 11.8. The van der Waals surface area contributed by atoms with Gasteiger partial charge >= 0.3 is 12.0 Å². The number of nitrogens with zero attached hydrogens (tertiary/aromatic N) is 2. The first-order chi connectivity index (χ1) is 9.97. The van der Waals surface area contributed by atoms with Gasteiger partial charge in [0.15, 0.2) is 0 Å². The Balaban J connectivity index is 1.95. The number of carboxylic acid groups (broad SMARTS) is 1. The zero-order chi connectivity index (χ0) is 15.4. The van der Waals surface area contributed by atoms with E-state index in [1.165, 1.54) is 6.07 Å². The molecule has 0 atom stereocenters. The molecule has 0 aliphatic heterocycles. The molecule has 0 aliphatic rings. The number of carbonyl (C=O) groups excluding carboxylic acids is 1. The number of nitrogens with one attached hydrogen (secondary N) is 2. The molecule has 2 rings (SSSR count). The fourth-order valence-electron chi connectivity index (χ4n) is 1.88. The van der Waals surface area contributed by atoms with Crippen LogP contribution in [-0.4, -0.2) is 26.7 Å². The highest BCUT2D eigenvalue weighted by atomic mass is 16.4. The van der Waals surface area contributed by atoms with E-state index in [1.807, 2.05) is 11.6 Å². The van der Waals surface area contributed by atoms with Gasteiger partial charge in [0.1, 0.15) is 5.82 Å². The van der Waals surface area contributed by atoms with Gasteiger partial charge < -0.3 is 20.3 Å². The molecule has 0 bridgehead atoms. The van der Waals surface area contributed by atoms with Crippen LogP contribution in [0.25, 0.3) is 0 Å². The van der Waals surface area contributed by atoms with E-state index in [2.05, 4.69) is 15.6 Å².